The largest absolute Gasteiger partial charge is 0.508 e. The van der Waals surface area contributed by atoms with Crippen LogP contribution < -0.4 is 0 Å². The Morgan fingerprint density at radius 2 is 1.83 bits per heavy atom. The molecule has 1 aliphatic carbocycles. The lowest BCUT2D eigenvalue weighted by molar-refractivity contribution is 0.0888. The molecular weight excluding hydrogens is 230 g/mol. The molecule has 0 aliphatic heterocycles. The molecule has 4 nitrogen and oxygen atoms in total. The summed E-state index contributed by atoms with van der Waals surface area (Å²) in [6, 6.07) is 8.37. The fourth-order valence-corrected chi connectivity index (χ4v) is 2.21. The number of aromatic nitrogens is 1. The molecule has 1 aromatic carbocycles. The number of phenols is 1. The number of rotatable bonds is 1. The van der Waals surface area contributed by atoms with Crippen LogP contribution >= 0.6 is 0 Å². The number of carbonyl (C=O) groups excluding carboxylic acids is 2. The number of nitrogens with one attached hydrogen (secondary N) is 1. The Labute approximate surface area is 103 Å². The van der Waals surface area contributed by atoms with Crippen molar-refractivity contribution in [2.45, 2.75) is 12.8 Å². The SMILES string of the molecule is O=C1CCC(=O)c2[nH]c(-c3cccc(O)c3)cc21. The molecule has 0 amide bonds. The van der Waals surface area contributed by atoms with E-state index >= 15 is 0 Å². The quantitative estimate of drug-likeness (QED) is 0.806. The van der Waals surface area contributed by atoms with Gasteiger partial charge in [-0.1, -0.05) is 12.1 Å². The fraction of sp³-hybridized carbons (Fsp3) is 0.143. The highest BCUT2D eigenvalue weighted by Gasteiger charge is 2.26. The first kappa shape index (κ1) is 10.8. The lowest BCUT2D eigenvalue weighted by atomic mass is 9.95. The number of hydrogen-bond acceptors (Lipinski definition) is 3. The maximum atomic E-state index is 11.7. The maximum Gasteiger partial charge on any atom is 0.180 e. The molecule has 1 heterocycles. The van der Waals surface area contributed by atoms with Crippen molar-refractivity contribution in [3.8, 4) is 17.0 Å². The van der Waals surface area contributed by atoms with Gasteiger partial charge in [-0.3, -0.25) is 9.59 Å². The summed E-state index contributed by atoms with van der Waals surface area (Å²) in [4.78, 5) is 26.4. The van der Waals surface area contributed by atoms with E-state index < -0.39 is 0 Å². The Bertz CT molecular complexity index is 621. The third kappa shape index (κ3) is 1.62. The van der Waals surface area contributed by atoms with Crippen LogP contribution in [0.2, 0.25) is 0 Å². The molecule has 0 saturated carbocycles. The second-order valence-electron chi connectivity index (χ2n) is 4.37. The Morgan fingerprint density at radius 3 is 2.56 bits per heavy atom. The van der Waals surface area contributed by atoms with Crippen LogP contribution in [0, 0.1) is 0 Å². The summed E-state index contributed by atoms with van der Waals surface area (Å²) in [6.45, 7) is 0. The van der Waals surface area contributed by atoms with Crippen molar-refractivity contribution in [1.82, 2.24) is 4.98 Å². The summed E-state index contributed by atoms with van der Waals surface area (Å²) in [6.07, 6.45) is 0.551. The minimum atomic E-state index is -0.0315. The second kappa shape index (κ2) is 3.84. The molecule has 0 saturated heterocycles. The summed E-state index contributed by atoms with van der Waals surface area (Å²) >= 11 is 0. The van der Waals surface area contributed by atoms with Crippen molar-refractivity contribution < 1.29 is 14.7 Å². The Kier molecular flexibility index (Phi) is 2.30. The number of phenolic OH excluding ortho intramolecular Hbond substituents is 1. The normalized spacial score (nSPS) is 14.7. The summed E-state index contributed by atoms with van der Waals surface area (Å²) in [5.74, 6) is 0.112. The molecule has 0 fully saturated rings. The molecule has 2 aromatic rings. The number of aromatic hydroxyl groups is 1. The van der Waals surface area contributed by atoms with E-state index in [0.29, 0.717) is 17.0 Å². The van der Waals surface area contributed by atoms with Gasteiger partial charge in [-0.25, -0.2) is 0 Å². The molecule has 0 bridgehead atoms. The smallest absolute Gasteiger partial charge is 0.180 e. The molecular formula is C14H11NO3. The summed E-state index contributed by atoms with van der Waals surface area (Å²) in [5.41, 5.74) is 2.29. The van der Waals surface area contributed by atoms with Crippen LogP contribution in [0.25, 0.3) is 11.3 Å². The molecule has 0 atom stereocenters. The molecule has 0 radical (unpaired) electrons. The van der Waals surface area contributed by atoms with Gasteiger partial charge in [-0.05, 0) is 18.2 Å². The molecule has 0 unspecified atom stereocenters. The van der Waals surface area contributed by atoms with Crippen LogP contribution in [-0.4, -0.2) is 21.7 Å². The lowest BCUT2D eigenvalue weighted by Gasteiger charge is -2.07. The van der Waals surface area contributed by atoms with Crippen molar-refractivity contribution in [2.24, 2.45) is 0 Å². The zero-order valence-corrected chi connectivity index (χ0v) is 9.56. The minimum absolute atomic E-state index is 0.00717. The number of aromatic amines is 1. The van der Waals surface area contributed by atoms with Gasteiger partial charge in [0.05, 0.1) is 5.69 Å². The molecule has 18 heavy (non-hydrogen) atoms. The van der Waals surface area contributed by atoms with Gasteiger partial charge in [0.2, 0.25) is 0 Å². The zero-order valence-electron chi connectivity index (χ0n) is 9.56. The predicted molar refractivity (Wildman–Crippen MR) is 65.8 cm³/mol. The van der Waals surface area contributed by atoms with Crippen LogP contribution in [0.3, 0.4) is 0 Å². The van der Waals surface area contributed by atoms with E-state index in [1.165, 1.54) is 0 Å². The monoisotopic (exact) mass is 241 g/mol. The highest BCUT2D eigenvalue weighted by molar-refractivity contribution is 6.13. The summed E-state index contributed by atoms with van der Waals surface area (Å²) < 4.78 is 0. The van der Waals surface area contributed by atoms with E-state index in [9.17, 15) is 14.7 Å². The van der Waals surface area contributed by atoms with Crippen LogP contribution in [0.5, 0.6) is 5.75 Å². The van der Waals surface area contributed by atoms with Crippen molar-refractivity contribution in [3.63, 3.8) is 0 Å². The van der Waals surface area contributed by atoms with Gasteiger partial charge in [0.15, 0.2) is 11.6 Å². The third-order valence-electron chi connectivity index (χ3n) is 3.13. The maximum absolute atomic E-state index is 11.7. The molecule has 3 rings (SSSR count). The highest BCUT2D eigenvalue weighted by atomic mass is 16.3. The van der Waals surface area contributed by atoms with Crippen molar-refractivity contribution >= 4 is 11.6 Å². The van der Waals surface area contributed by atoms with Crippen molar-refractivity contribution in [2.75, 3.05) is 0 Å². The number of fused-ring (bicyclic) bond motifs is 1. The van der Waals surface area contributed by atoms with Gasteiger partial charge in [0, 0.05) is 29.7 Å². The number of H-pyrrole nitrogens is 1. The molecule has 90 valence electrons. The number of ketones is 2. The Hall–Kier alpha value is -2.36. The first-order chi connectivity index (χ1) is 8.65. The van der Waals surface area contributed by atoms with Gasteiger partial charge in [-0.2, -0.15) is 0 Å². The fourth-order valence-electron chi connectivity index (χ4n) is 2.21. The van der Waals surface area contributed by atoms with Crippen LogP contribution in [0.15, 0.2) is 30.3 Å². The summed E-state index contributed by atoms with van der Waals surface area (Å²) in [5, 5.41) is 9.43. The Balaban J connectivity index is 2.13. The minimum Gasteiger partial charge on any atom is -0.508 e. The van der Waals surface area contributed by atoms with Crippen LogP contribution in [0.1, 0.15) is 33.7 Å². The Morgan fingerprint density at radius 1 is 1.06 bits per heavy atom. The average Bonchev–Trinajstić information content (AvgIpc) is 2.80. The van der Waals surface area contributed by atoms with E-state index in [2.05, 4.69) is 4.98 Å². The average molecular weight is 241 g/mol. The third-order valence-corrected chi connectivity index (χ3v) is 3.13. The second-order valence-corrected chi connectivity index (χ2v) is 4.37. The van der Waals surface area contributed by atoms with E-state index in [1.54, 1.807) is 24.3 Å². The highest BCUT2D eigenvalue weighted by Crippen LogP contribution is 2.28. The number of carbonyl (C=O) groups is 2. The van der Waals surface area contributed by atoms with Gasteiger partial charge >= 0.3 is 0 Å². The van der Waals surface area contributed by atoms with Crippen molar-refractivity contribution in [1.29, 1.82) is 0 Å². The zero-order chi connectivity index (χ0) is 12.7. The van der Waals surface area contributed by atoms with Crippen molar-refractivity contribution in [3.05, 3.63) is 41.6 Å². The van der Waals surface area contributed by atoms with Gasteiger partial charge < -0.3 is 10.1 Å². The van der Waals surface area contributed by atoms with Gasteiger partial charge in [0.25, 0.3) is 0 Å². The van der Waals surface area contributed by atoms with Gasteiger partial charge in [-0.15, -0.1) is 0 Å². The van der Waals surface area contributed by atoms with E-state index in [-0.39, 0.29) is 30.2 Å². The topological polar surface area (TPSA) is 70.2 Å². The van der Waals surface area contributed by atoms with Crippen LogP contribution in [0.4, 0.5) is 0 Å². The van der Waals surface area contributed by atoms with Crippen LogP contribution in [-0.2, 0) is 0 Å². The molecule has 2 N–H and O–H groups in total. The number of benzene rings is 1. The molecule has 1 aromatic heterocycles. The standard InChI is InChI=1S/C14H11NO3/c16-9-3-1-2-8(6-9)11-7-10-12(17)4-5-13(18)14(10)15-11/h1-3,6-7,15-16H,4-5H2. The van der Waals surface area contributed by atoms with E-state index in [1.807, 2.05) is 6.07 Å². The molecule has 1 aliphatic rings. The molecule has 0 spiro atoms. The summed E-state index contributed by atoms with van der Waals surface area (Å²) in [7, 11) is 0. The van der Waals surface area contributed by atoms with Gasteiger partial charge in [0.1, 0.15) is 5.75 Å². The lowest BCUT2D eigenvalue weighted by Crippen LogP contribution is -2.15. The van der Waals surface area contributed by atoms with E-state index in [0.717, 1.165) is 5.56 Å². The molecule has 4 heteroatoms. The number of Topliss-reactive ketones (excluding diaryl/α,β-unsaturated/α-hetero) is 2. The first-order valence-electron chi connectivity index (χ1n) is 5.74. The van der Waals surface area contributed by atoms with E-state index in [4.69, 9.17) is 0 Å². The predicted octanol–water partition coefficient (Wildman–Crippen LogP) is 2.55. The first-order valence-corrected chi connectivity index (χ1v) is 5.74. The number of hydrogen-bond donors (Lipinski definition) is 2.